The highest BCUT2D eigenvalue weighted by Crippen LogP contribution is 2.28. The third-order valence-corrected chi connectivity index (χ3v) is 4.27. The number of hydrogen-bond donors (Lipinski definition) is 2. The number of anilines is 1. The molecule has 2 rings (SSSR count). The SMILES string of the molecule is CC1(CO)CCCN(CC(=O)Nc2ccc(Br)cc2)C1. The van der Waals surface area contributed by atoms with Crippen LogP contribution in [0.25, 0.3) is 0 Å². The first-order chi connectivity index (χ1) is 9.50. The van der Waals surface area contributed by atoms with Crippen molar-refractivity contribution in [3.8, 4) is 0 Å². The Morgan fingerprint density at radius 3 is 2.80 bits per heavy atom. The van der Waals surface area contributed by atoms with Crippen LogP contribution < -0.4 is 5.32 Å². The lowest BCUT2D eigenvalue weighted by molar-refractivity contribution is -0.118. The molecular formula is C15H21BrN2O2. The zero-order chi connectivity index (χ0) is 14.6. The Morgan fingerprint density at radius 2 is 2.15 bits per heavy atom. The van der Waals surface area contributed by atoms with Crippen molar-refractivity contribution in [2.24, 2.45) is 5.41 Å². The van der Waals surface area contributed by atoms with E-state index in [1.807, 2.05) is 24.3 Å². The molecule has 1 aromatic carbocycles. The van der Waals surface area contributed by atoms with Crippen LogP contribution >= 0.6 is 15.9 Å². The Labute approximate surface area is 128 Å². The van der Waals surface area contributed by atoms with Crippen LogP contribution in [0.2, 0.25) is 0 Å². The summed E-state index contributed by atoms with van der Waals surface area (Å²) in [5.74, 6) is -0.00508. The van der Waals surface area contributed by atoms with Gasteiger partial charge in [0, 0.05) is 28.7 Å². The molecule has 1 atom stereocenters. The molecule has 1 unspecified atom stereocenters. The second kappa shape index (κ2) is 6.70. The van der Waals surface area contributed by atoms with Gasteiger partial charge in [-0.3, -0.25) is 9.69 Å². The van der Waals surface area contributed by atoms with E-state index in [0.717, 1.165) is 36.1 Å². The van der Waals surface area contributed by atoms with E-state index in [2.05, 4.69) is 33.1 Å². The van der Waals surface area contributed by atoms with Gasteiger partial charge in [0.05, 0.1) is 6.54 Å². The minimum Gasteiger partial charge on any atom is -0.396 e. The fraction of sp³-hybridized carbons (Fsp3) is 0.533. The number of aliphatic hydroxyl groups excluding tert-OH is 1. The molecule has 1 heterocycles. The molecule has 1 saturated heterocycles. The number of likely N-dealkylation sites (tertiary alicyclic amines) is 1. The van der Waals surface area contributed by atoms with Crippen molar-refractivity contribution >= 4 is 27.5 Å². The van der Waals surface area contributed by atoms with Gasteiger partial charge in [-0.2, -0.15) is 0 Å². The first kappa shape index (κ1) is 15.5. The third-order valence-electron chi connectivity index (χ3n) is 3.74. The number of amides is 1. The predicted octanol–water partition coefficient (Wildman–Crippen LogP) is 2.48. The van der Waals surface area contributed by atoms with E-state index in [9.17, 15) is 9.90 Å². The fourth-order valence-electron chi connectivity index (χ4n) is 2.63. The van der Waals surface area contributed by atoms with Gasteiger partial charge in [-0.05, 0) is 43.7 Å². The number of halogens is 1. The van der Waals surface area contributed by atoms with Crippen LogP contribution in [0.1, 0.15) is 19.8 Å². The maximum absolute atomic E-state index is 12.0. The minimum absolute atomic E-state index is 0.00508. The van der Waals surface area contributed by atoms with Crippen molar-refractivity contribution in [1.29, 1.82) is 0 Å². The summed E-state index contributed by atoms with van der Waals surface area (Å²) >= 11 is 3.37. The van der Waals surface area contributed by atoms with E-state index >= 15 is 0 Å². The second-order valence-corrected chi connectivity index (χ2v) is 6.75. The van der Waals surface area contributed by atoms with Gasteiger partial charge in [0.2, 0.25) is 5.91 Å². The lowest BCUT2D eigenvalue weighted by Gasteiger charge is -2.38. The van der Waals surface area contributed by atoms with Gasteiger partial charge < -0.3 is 10.4 Å². The molecule has 5 heteroatoms. The molecule has 0 bridgehead atoms. The molecule has 1 aromatic rings. The Kier molecular flexibility index (Phi) is 5.18. The van der Waals surface area contributed by atoms with Crippen molar-refractivity contribution in [3.63, 3.8) is 0 Å². The van der Waals surface area contributed by atoms with E-state index in [1.54, 1.807) is 0 Å². The van der Waals surface area contributed by atoms with Crippen molar-refractivity contribution in [2.75, 3.05) is 31.6 Å². The molecule has 1 aliphatic heterocycles. The molecule has 1 amide bonds. The van der Waals surface area contributed by atoms with Gasteiger partial charge in [-0.15, -0.1) is 0 Å². The highest BCUT2D eigenvalue weighted by atomic mass is 79.9. The smallest absolute Gasteiger partial charge is 0.238 e. The molecule has 0 aromatic heterocycles. The average Bonchev–Trinajstić information content (AvgIpc) is 2.41. The van der Waals surface area contributed by atoms with Crippen LogP contribution in [-0.2, 0) is 4.79 Å². The largest absolute Gasteiger partial charge is 0.396 e. The number of benzene rings is 1. The summed E-state index contributed by atoms with van der Waals surface area (Å²) in [5, 5.41) is 12.3. The quantitative estimate of drug-likeness (QED) is 0.885. The summed E-state index contributed by atoms with van der Waals surface area (Å²) in [7, 11) is 0. The molecule has 1 fully saturated rings. The predicted molar refractivity (Wildman–Crippen MR) is 83.6 cm³/mol. The maximum atomic E-state index is 12.0. The third kappa shape index (κ3) is 4.30. The summed E-state index contributed by atoms with van der Waals surface area (Å²) in [4.78, 5) is 14.2. The molecule has 2 N–H and O–H groups in total. The number of piperidine rings is 1. The Hall–Kier alpha value is -0.910. The molecule has 20 heavy (non-hydrogen) atoms. The summed E-state index contributed by atoms with van der Waals surface area (Å²) in [6.07, 6.45) is 2.05. The van der Waals surface area contributed by atoms with Crippen molar-refractivity contribution in [1.82, 2.24) is 4.90 Å². The highest BCUT2D eigenvalue weighted by Gasteiger charge is 2.30. The first-order valence-electron chi connectivity index (χ1n) is 6.89. The van der Waals surface area contributed by atoms with Gasteiger partial charge in [0.25, 0.3) is 0 Å². The number of nitrogens with zero attached hydrogens (tertiary/aromatic N) is 1. The number of aliphatic hydroxyl groups is 1. The lowest BCUT2D eigenvalue weighted by Crippen LogP contribution is -2.46. The van der Waals surface area contributed by atoms with E-state index in [1.165, 1.54) is 0 Å². The number of nitrogens with one attached hydrogen (secondary N) is 1. The van der Waals surface area contributed by atoms with Crippen LogP contribution in [0.3, 0.4) is 0 Å². The van der Waals surface area contributed by atoms with Crippen LogP contribution in [-0.4, -0.2) is 42.2 Å². The van der Waals surface area contributed by atoms with E-state index in [0.29, 0.717) is 6.54 Å². The van der Waals surface area contributed by atoms with Gasteiger partial charge in [-0.1, -0.05) is 22.9 Å². The second-order valence-electron chi connectivity index (χ2n) is 5.84. The van der Waals surface area contributed by atoms with Gasteiger partial charge in [0.15, 0.2) is 0 Å². The lowest BCUT2D eigenvalue weighted by atomic mass is 9.83. The van der Waals surface area contributed by atoms with E-state index in [-0.39, 0.29) is 17.9 Å². The molecular weight excluding hydrogens is 320 g/mol. The summed E-state index contributed by atoms with van der Waals surface area (Å²) < 4.78 is 0.991. The molecule has 0 saturated carbocycles. The van der Waals surface area contributed by atoms with Crippen molar-refractivity contribution in [2.45, 2.75) is 19.8 Å². The molecule has 0 radical (unpaired) electrons. The molecule has 110 valence electrons. The molecule has 0 spiro atoms. The normalized spacial score (nSPS) is 23.6. The number of carbonyl (C=O) groups excluding carboxylic acids is 1. The highest BCUT2D eigenvalue weighted by molar-refractivity contribution is 9.10. The Bertz CT molecular complexity index is 463. The topological polar surface area (TPSA) is 52.6 Å². The standard InChI is InChI=1S/C15H21BrN2O2/c1-15(11-19)7-2-8-18(10-15)9-14(20)17-13-5-3-12(16)4-6-13/h3-6,19H,2,7-11H2,1H3,(H,17,20). The first-order valence-corrected chi connectivity index (χ1v) is 7.69. The number of carbonyl (C=O) groups is 1. The van der Waals surface area contributed by atoms with Gasteiger partial charge in [0.1, 0.15) is 0 Å². The Balaban J connectivity index is 1.86. The average molecular weight is 341 g/mol. The van der Waals surface area contributed by atoms with E-state index < -0.39 is 0 Å². The van der Waals surface area contributed by atoms with E-state index in [4.69, 9.17) is 0 Å². The van der Waals surface area contributed by atoms with Crippen LogP contribution in [0.5, 0.6) is 0 Å². The molecule has 4 nitrogen and oxygen atoms in total. The summed E-state index contributed by atoms with van der Waals surface area (Å²) in [5.41, 5.74) is 0.732. The zero-order valence-electron chi connectivity index (χ0n) is 11.7. The van der Waals surface area contributed by atoms with Crippen molar-refractivity contribution < 1.29 is 9.90 Å². The Morgan fingerprint density at radius 1 is 1.45 bits per heavy atom. The molecule has 1 aliphatic rings. The number of rotatable bonds is 4. The molecule has 0 aliphatic carbocycles. The van der Waals surface area contributed by atoms with Crippen LogP contribution in [0.4, 0.5) is 5.69 Å². The maximum Gasteiger partial charge on any atom is 0.238 e. The van der Waals surface area contributed by atoms with Crippen molar-refractivity contribution in [3.05, 3.63) is 28.7 Å². The zero-order valence-corrected chi connectivity index (χ0v) is 13.3. The van der Waals surface area contributed by atoms with Crippen LogP contribution in [0.15, 0.2) is 28.7 Å². The van der Waals surface area contributed by atoms with Gasteiger partial charge in [-0.25, -0.2) is 0 Å². The number of hydrogen-bond acceptors (Lipinski definition) is 3. The van der Waals surface area contributed by atoms with Crippen LogP contribution in [0, 0.1) is 5.41 Å². The fourth-order valence-corrected chi connectivity index (χ4v) is 2.89. The minimum atomic E-state index is -0.0733. The summed E-state index contributed by atoms with van der Waals surface area (Å²) in [6.45, 7) is 4.33. The summed E-state index contributed by atoms with van der Waals surface area (Å²) in [6, 6.07) is 7.55. The van der Waals surface area contributed by atoms with Gasteiger partial charge >= 0.3 is 0 Å². The monoisotopic (exact) mass is 340 g/mol.